The van der Waals surface area contributed by atoms with E-state index in [2.05, 4.69) is 10.5 Å². The Bertz CT molecular complexity index is 627. The first kappa shape index (κ1) is 15.6. The van der Waals surface area contributed by atoms with Crippen LogP contribution >= 0.6 is 0 Å². The average molecular weight is 297 g/mol. The fraction of sp³-hybridized carbons (Fsp3) is 0.176. The van der Waals surface area contributed by atoms with Crippen molar-refractivity contribution >= 4 is 11.7 Å². The lowest BCUT2D eigenvalue weighted by Gasteiger charge is -2.13. The minimum absolute atomic E-state index is 0.0900. The summed E-state index contributed by atoms with van der Waals surface area (Å²) in [4.78, 5) is 16.8. The highest BCUT2D eigenvalue weighted by Gasteiger charge is 2.09. The highest BCUT2D eigenvalue weighted by molar-refractivity contribution is 5.97. The van der Waals surface area contributed by atoms with Crippen molar-refractivity contribution in [3.63, 3.8) is 0 Å². The Hall–Kier alpha value is -2.82. The Morgan fingerprint density at radius 3 is 2.36 bits per heavy atom. The molecule has 0 fully saturated rings. The molecule has 0 bridgehead atoms. The molecule has 1 atom stereocenters. The Morgan fingerprint density at radius 1 is 1.14 bits per heavy atom. The van der Waals surface area contributed by atoms with Crippen LogP contribution in [0.2, 0.25) is 0 Å². The summed E-state index contributed by atoms with van der Waals surface area (Å²) in [6, 6.07) is 18.8. The first-order valence-corrected chi connectivity index (χ1v) is 7.02. The lowest BCUT2D eigenvalue weighted by atomic mass is 10.1. The fourth-order valence-electron chi connectivity index (χ4n) is 1.93. The lowest BCUT2D eigenvalue weighted by Crippen LogP contribution is -2.30. The summed E-state index contributed by atoms with van der Waals surface area (Å²) in [7, 11) is 0. The van der Waals surface area contributed by atoms with Crippen molar-refractivity contribution in [2.24, 2.45) is 10.9 Å². The second-order valence-electron chi connectivity index (χ2n) is 4.82. The molecule has 0 saturated carbocycles. The van der Waals surface area contributed by atoms with Gasteiger partial charge in [0.05, 0.1) is 6.04 Å². The number of hydrogen-bond acceptors (Lipinski definition) is 3. The highest BCUT2D eigenvalue weighted by Crippen LogP contribution is 2.10. The van der Waals surface area contributed by atoms with Crippen LogP contribution in [0.1, 0.15) is 24.1 Å². The molecule has 2 aromatic rings. The number of carbonyl (C=O) groups excluding carboxylic acids is 1. The standard InChI is InChI=1S/C17H19N3O2/c1-13(14-8-4-2-5-9-14)19-16(21)12-22-20-17(18)15-10-6-3-7-11-15/h2-11,13H,12H2,1H3,(H2,18,20)(H,19,21)/t13-/m1/s1. The van der Waals surface area contributed by atoms with Crippen LogP contribution in [0.25, 0.3) is 0 Å². The summed E-state index contributed by atoms with van der Waals surface area (Å²) in [6.07, 6.45) is 0. The minimum atomic E-state index is -0.249. The zero-order valence-electron chi connectivity index (χ0n) is 12.4. The average Bonchev–Trinajstić information content (AvgIpc) is 2.56. The Kier molecular flexibility index (Phi) is 5.54. The van der Waals surface area contributed by atoms with Crippen molar-refractivity contribution in [1.29, 1.82) is 0 Å². The predicted molar refractivity (Wildman–Crippen MR) is 86.1 cm³/mol. The zero-order valence-corrected chi connectivity index (χ0v) is 12.4. The zero-order chi connectivity index (χ0) is 15.8. The lowest BCUT2D eigenvalue weighted by molar-refractivity contribution is -0.126. The highest BCUT2D eigenvalue weighted by atomic mass is 16.6. The van der Waals surface area contributed by atoms with Gasteiger partial charge in [0.15, 0.2) is 12.4 Å². The normalized spacial score (nSPS) is 12.5. The smallest absolute Gasteiger partial charge is 0.261 e. The van der Waals surface area contributed by atoms with Crippen molar-refractivity contribution in [3.8, 4) is 0 Å². The van der Waals surface area contributed by atoms with Gasteiger partial charge < -0.3 is 15.9 Å². The fourth-order valence-corrected chi connectivity index (χ4v) is 1.93. The third-order valence-corrected chi connectivity index (χ3v) is 3.11. The molecule has 0 radical (unpaired) electrons. The van der Waals surface area contributed by atoms with Crippen molar-refractivity contribution in [1.82, 2.24) is 5.32 Å². The van der Waals surface area contributed by atoms with E-state index >= 15 is 0 Å². The molecule has 0 aliphatic heterocycles. The third kappa shape index (κ3) is 4.63. The maximum absolute atomic E-state index is 11.8. The Labute approximate surface area is 129 Å². The molecule has 0 saturated heterocycles. The number of amidine groups is 1. The van der Waals surface area contributed by atoms with E-state index in [1.807, 2.05) is 67.6 Å². The number of amides is 1. The van der Waals surface area contributed by atoms with Gasteiger partial charge in [0.25, 0.3) is 5.91 Å². The van der Waals surface area contributed by atoms with Crippen LogP contribution < -0.4 is 11.1 Å². The third-order valence-electron chi connectivity index (χ3n) is 3.11. The van der Waals surface area contributed by atoms with E-state index in [0.717, 1.165) is 11.1 Å². The summed E-state index contributed by atoms with van der Waals surface area (Å²) in [5.41, 5.74) is 7.55. The quantitative estimate of drug-likeness (QED) is 0.487. The first-order chi connectivity index (χ1) is 10.7. The van der Waals surface area contributed by atoms with Crippen LogP contribution in [0.15, 0.2) is 65.8 Å². The second-order valence-corrected chi connectivity index (χ2v) is 4.82. The van der Waals surface area contributed by atoms with E-state index in [1.165, 1.54) is 0 Å². The largest absolute Gasteiger partial charge is 0.384 e. The van der Waals surface area contributed by atoms with Crippen LogP contribution in [0.3, 0.4) is 0 Å². The van der Waals surface area contributed by atoms with Crippen molar-refractivity contribution < 1.29 is 9.63 Å². The molecule has 1 amide bonds. The van der Waals surface area contributed by atoms with E-state index in [4.69, 9.17) is 10.6 Å². The summed E-state index contributed by atoms with van der Waals surface area (Å²) in [5.74, 6) is -0.00882. The van der Waals surface area contributed by atoms with E-state index < -0.39 is 0 Å². The van der Waals surface area contributed by atoms with Gasteiger partial charge in [0.1, 0.15) is 0 Å². The maximum atomic E-state index is 11.8. The molecule has 5 nitrogen and oxygen atoms in total. The SMILES string of the molecule is C[C@@H](NC(=O)CO/N=C(/N)c1ccccc1)c1ccccc1. The molecule has 114 valence electrons. The van der Waals surface area contributed by atoms with Crippen LogP contribution in [0.4, 0.5) is 0 Å². The number of carbonyl (C=O) groups is 1. The van der Waals surface area contributed by atoms with Gasteiger partial charge in [-0.1, -0.05) is 65.8 Å². The van der Waals surface area contributed by atoms with Crippen LogP contribution in [-0.2, 0) is 9.63 Å². The topological polar surface area (TPSA) is 76.7 Å². The molecule has 0 heterocycles. The van der Waals surface area contributed by atoms with Crippen molar-refractivity contribution in [3.05, 3.63) is 71.8 Å². The summed E-state index contributed by atoms with van der Waals surface area (Å²) in [6.45, 7) is 1.74. The number of nitrogens with zero attached hydrogens (tertiary/aromatic N) is 1. The molecule has 0 aliphatic rings. The van der Waals surface area contributed by atoms with Gasteiger partial charge in [-0.25, -0.2) is 0 Å². The monoisotopic (exact) mass is 297 g/mol. The molecule has 5 heteroatoms. The maximum Gasteiger partial charge on any atom is 0.261 e. The predicted octanol–water partition coefficient (Wildman–Crippen LogP) is 2.20. The van der Waals surface area contributed by atoms with E-state index in [9.17, 15) is 4.79 Å². The molecule has 0 aromatic heterocycles. The number of benzene rings is 2. The Balaban J connectivity index is 1.81. The molecule has 2 aromatic carbocycles. The number of nitrogens with one attached hydrogen (secondary N) is 1. The van der Waals surface area contributed by atoms with E-state index in [-0.39, 0.29) is 24.4 Å². The molecule has 0 unspecified atom stereocenters. The van der Waals surface area contributed by atoms with Gasteiger partial charge >= 0.3 is 0 Å². The second kappa shape index (κ2) is 7.83. The first-order valence-electron chi connectivity index (χ1n) is 7.02. The van der Waals surface area contributed by atoms with E-state index in [0.29, 0.717) is 0 Å². The van der Waals surface area contributed by atoms with Gasteiger partial charge in [0.2, 0.25) is 0 Å². The summed E-state index contributed by atoms with van der Waals surface area (Å²) >= 11 is 0. The Morgan fingerprint density at radius 2 is 1.73 bits per heavy atom. The number of hydrogen-bond donors (Lipinski definition) is 2. The molecule has 3 N–H and O–H groups in total. The van der Waals surface area contributed by atoms with Crippen LogP contribution in [-0.4, -0.2) is 18.3 Å². The minimum Gasteiger partial charge on any atom is -0.384 e. The number of nitrogens with two attached hydrogens (primary N) is 1. The molecule has 22 heavy (non-hydrogen) atoms. The molecular formula is C17H19N3O2. The number of oxime groups is 1. The molecule has 2 rings (SSSR count). The van der Waals surface area contributed by atoms with Crippen molar-refractivity contribution in [2.75, 3.05) is 6.61 Å². The van der Waals surface area contributed by atoms with Crippen molar-refractivity contribution in [2.45, 2.75) is 13.0 Å². The van der Waals surface area contributed by atoms with Crippen LogP contribution in [0.5, 0.6) is 0 Å². The van der Waals surface area contributed by atoms with Gasteiger partial charge in [0, 0.05) is 5.56 Å². The van der Waals surface area contributed by atoms with E-state index in [1.54, 1.807) is 0 Å². The van der Waals surface area contributed by atoms with Crippen LogP contribution in [0, 0.1) is 0 Å². The molecule has 0 aliphatic carbocycles. The van der Waals surface area contributed by atoms with Gasteiger partial charge in [-0.15, -0.1) is 0 Å². The number of rotatable bonds is 6. The van der Waals surface area contributed by atoms with Gasteiger partial charge in [-0.05, 0) is 12.5 Å². The summed E-state index contributed by atoms with van der Waals surface area (Å²) < 4.78 is 0. The van der Waals surface area contributed by atoms with Gasteiger partial charge in [-0.3, -0.25) is 4.79 Å². The molecular weight excluding hydrogens is 278 g/mol. The molecule has 0 spiro atoms. The summed E-state index contributed by atoms with van der Waals surface area (Å²) in [5, 5.41) is 6.58. The van der Waals surface area contributed by atoms with Gasteiger partial charge in [-0.2, -0.15) is 0 Å².